The van der Waals surface area contributed by atoms with Gasteiger partial charge >= 0.3 is 0 Å². The van der Waals surface area contributed by atoms with Crippen LogP contribution in [-0.4, -0.2) is 36.8 Å². The zero-order chi connectivity index (χ0) is 17.9. The van der Waals surface area contributed by atoms with Gasteiger partial charge in [0.25, 0.3) is 0 Å². The first-order valence-corrected chi connectivity index (χ1v) is 9.29. The van der Waals surface area contributed by atoms with E-state index in [0.717, 1.165) is 37.2 Å². The number of fused-ring (bicyclic) bond motifs is 2. The summed E-state index contributed by atoms with van der Waals surface area (Å²) < 4.78 is 6.16. The highest BCUT2D eigenvalue weighted by molar-refractivity contribution is 5.88. The smallest absolute Gasteiger partial charge is 0.127 e. The van der Waals surface area contributed by atoms with Crippen LogP contribution < -0.4 is 4.74 Å². The molecule has 1 saturated heterocycles. The van der Waals surface area contributed by atoms with E-state index in [1.165, 1.54) is 27.8 Å². The molecule has 0 radical (unpaired) electrons. The molecular formula is C23H26ClNO2. The zero-order valence-electron chi connectivity index (χ0n) is 15.6. The molecule has 0 amide bonds. The Hall–Kier alpha value is -2.07. The van der Waals surface area contributed by atoms with Crippen LogP contribution in [0.4, 0.5) is 0 Å². The van der Waals surface area contributed by atoms with Crippen molar-refractivity contribution in [3.8, 4) is 5.75 Å². The summed E-state index contributed by atoms with van der Waals surface area (Å²) in [5.74, 6) is 0.948. The predicted molar refractivity (Wildman–Crippen MR) is 113 cm³/mol. The van der Waals surface area contributed by atoms with Crippen LogP contribution in [0.2, 0.25) is 0 Å². The predicted octanol–water partition coefficient (Wildman–Crippen LogP) is 4.53. The number of likely N-dealkylation sites (tertiary alicyclic amines) is 1. The van der Waals surface area contributed by atoms with Crippen LogP contribution in [-0.2, 0) is 6.61 Å². The van der Waals surface area contributed by atoms with Crippen molar-refractivity contribution in [1.82, 2.24) is 4.90 Å². The maximum atomic E-state index is 9.10. The first-order chi connectivity index (χ1) is 12.8. The van der Waals surface area contributed by atoms with Crippen molar-refractivity contribution in [2.75, 3.05) is 26.7 Å². The maximum Gasteiger partial charge on any atom is 0.127 e. The summed E-state index contributed by atoms with van der Waals surface area (Å²) in [4.78, 5) is 2.39. The van der Waals surface area contributed by atoms with E-state index >= 15 is 0 Å². The molecule has 2 heterocycles. The quantitative estimate of drug-likeness (QED) is 0.826. The number of nitrogens with zero attached hydrogens (tertiary/aromatic N) is 1. The average molecular weight is 384 g/mol. The third-order valence-electron chi connectivity index (χ3n) is 5.30. The molecule has 1 fully saturated rings. The Balaban J connectivity index is 0.00000210. The lowest BCUT2D eigenvalue weighted by atomic mass is 9.86. The minimum absolute atomic E-state index is 0. The molecule has 0 spiro atoms. The summed E-state index contributed by atoms with van der Waals surface area (Å²) in [6, 6.07) is 14.9. The lowest BCUT2D eigenvalue weighted by Crippen LogP contribution is -2.27. The van der Waals surface area contributed by atoms with Crippen LogP contribution >= 0.6 is 12.4 Å². The molecule has 27 heavy (non-hydrogen) atoms. The Bertz CT molecular complexity index is 862. The molecule has 0 bridgehead atoms. The van der Waals surface area contributed by atoms with Crippen LogP contribution in [0, 0.1) is 0 Å². The molecular weight excluding hydrogens is 358 g/mol. The maximum absolute atomic E-state index is 9.10. The second-order valence-electron chi connectivity index (χ2n) is 7.07. The van der Waals surface area contributed by atoms with Gasteiger partial charge in [0.2, 0.25) is 0 Å². The van der Waals surface area contributed by atoms with E-state index in [2.05, 4.69) is 54.4 Å². The van der Waals surface area contributed by atoms with E-state index in [9.17, 15) is 0 Å². The van der Waals surface area contributed by atoms with Gasteiger partial charge in [0.05, 0.1) is 6.61 Å². The number of aliphatic hydroxyl groups is 1. The van der Waals surface area contributed by atoms with Gasteiger partial charge in [-0.15, -0.1) is 12.4 Å². The Labute approximate surface area is 167 Å². The molecule has 0 saturated carbocycles. The van der Waals surface area contributed by atoms with E-state index < -0.39 is 0 Å². The van der Waals surface area contributed by atoms with Gasteiger partial charge in [0, 0.05) is 18.7 Å². The summed E-state index contributed by atoms with van der Waals surface area (Å²) in [5, 5.41) is 9.10. The molecule has 2 aromatic carbocycles. The Morgan fingerprint density at radius 2 is 1.85 bits per heavy atom. The fourth-order valence-electron chi connectivity index (χ4n) is 3.87. The summed E-state index contributed by atoms with van der Waals surface area (Å²) in [6.07, 6.45) is 5.93. The first kappa shape index (κ1) is 19.7. The fraction of sp³-hybridized carbons (Fsp3) is 0.304. The van der Waals surface area contributed by atoms with Gasteiger partial charge in [-0.2, -0.15) is 0 Å². The Morgan fingerprint density at radius 1 is 1.07 bits per heavy atom. The van der Waals surface area contributed by atoms with Gasteiger partial charge in [0.1, 0.15) is 12.4 Å². The normalized spacial score (nSPS) is 17.0. The van der Waals surface area contributed by atoms with Crippen LogP contribution in [0.25, 0.3) is 11.6 Å². The molecule has 0 atom stereocenters. The molecule has 3 nitrogen and oxygen atoms in total. The standard InChI is InChI=1S/C23H25NO2.ClH/c1-24-12-10-18(11-13-24)23-20-7-3-2-6-19(20)16-26-22-9-8-17(5-4-14-25)15-21(22)23;/h2-9,15,25H,10-14,16H2,1H3;1H. The number of piperidine rings is 1. The fourth-order valence-corrected chi connectivity index (χ4v) is 3.87. The highest BCUT2D eigenvalue weighted by Crippen LogP contribution is 2.41. The largest absolute Gasteiger partial charge is 0.488 e. The van der Waals surface area contributed by atoms with Crippen molar-refractivity contribution >= 4 is 24.1 Å². The number of ether oxygens (including phenoxy) is 1. The van der Waals surface area contributed by atoms with Crippen molar-refractivity contribution < 1.29 is 9.84 Å². The molecule has 142 valence electrons. The van der Waals surface area contributed by atoms with E-state index in [1.807, 2.05) is 6.08 Å². The van der Waals surface area contributed by atoms with E-state index in [1.54, 1.807) is 6.08 Å². The van der Waals surface area contributed by atoms with Gasteiger partial charge in [-0.1, -0.05) is 48.1 Å². The Morgan fingerprint density at radius 3 is 2.63 bits per heavy atom. The molecule has 0 aliphatic carbocycles. The number of rotatable bonds is 2. The molecule has 2 aliphatic heterocycles. The average Bonchev–Trinajstić information content (AvgIpc) is 2.84. The minimum atomic E-state index is 0. The molecule has 0 unspecified atom stereocenters. The Kier molecular flexibility index (Phi) is 6.38. The topological polar surface area (TPSA) is 32.7 Å². The molecule has 2 aliphatic rings. The number of halogens is 1. The molecule has 2 aromatic rings. The van der Waals surface area contributed by atoms with Gasteiger partial charge in [-0.25, -0.2) is 0 Å². The molecule has 4 heteroatoms. The lowest BCUT2D eigenvalue weighted by Gasteiger charge is -2.27. The number of benzene rings is 2. The summed E-state index contributed by atoms with van der Waals surface area (Å²) in [6.45, 7) is 2.85. The third kappa shape index (κ3) is 4.11. The highest BCUT2D eigenvalue weighted by Gasteiger charge is 2.24. The van der Waals surface area contributed by atoms with Crippen LogP contribution in [0.1, 0.15) is 35.1 Å². The monoisotopic (exact) mass is 383 g/mol. The third-order valence-corrected chi connectivity index (χ3v) is 5.30. The van der Waals surface area contributed by atoms with Crippen LogP contribution in [0.15, 0.2) is 54.1 Å². The zero-order valence-corrected chi connectivity index (χ0v) is 16.5. The summed E-state index contributed by atoms with van der Waals surface area (Å²) in [5.41, 5.74) is 7.68. The van der Waals surface area contributed by atoms with Gasteiger partial charge < -0.3 is 14.7 Å². The second kappa shape index (κ2) is 8.75. The van der Waals surface area contributed by atoms with Crippen molar-refractivity contribution in [3.63, 3.8) is 0 Å². The second-order valence-corrected chi connectivity index (χ2v) is 7.07. The number of hydrogen-bond donors (Lipinski definition) is 1. The van der Waals surface area contributed by atoms with Crippen molar-refractivity contribution in [2.24, 2.45) is 0 Å². The summed E-state index contributed by atoms with van der Waals surface area (Å²) in [7, 11) is 2.19. The van der Waals surface area contributed by atoms with E-state index in [0.29, 0.717) is 6.61 Å². The first-order valence-electron chi connectivity index (χ1n) is 9.29. The lowest BCUT2D eigenvalue weighted by molar-refractivity contribution is 0.307. The van der Waals surface area contributed by atoms with Gasteiger partial charge in [0.15, 0.2) is 0 Å². The molecule has 4 rings (SSSR count). The SMILES string of the molecule is CN1CCC(=C2c3ccccc3COc3ccc(C=CCO)cc32)CC1.Cl. The van der Waals surface area contributed by atoms with Gasteiger partial charge in [-0.05, 0) is 54.3 Å². The van der Waals surface area contributed by atoms with Crippen molar-refractivity contribution in [2.45, 2.75) is 19.4 Å². The molecule has 1 N–H and O–H groups in total. The van der Waals surface area contributed by atoms with Crippen LogP contribution in [0.3, 0.4) is 0 Å². The van der Waals surface area contributed by atoms with Gasteiger partial charge in [-0.3, -0.25) is 0 Å². The summed E-state index contributed by atoms with van der Waals surface area (Å²) >= 11 is 0. The highest BCUT2D eigenvalue weighted by atomic mass is 35.5. The van der Waals surface area contributed by atoms with Crippen LogP contribution in [0.5, 0.6) is 5.75 Å². The number of hydrogen-bond acceptors (Lipinski definition) is 3. The van der Waals surface area contributed by atoms with E-state index in [-0.39, 0.29) is 19.0 Å². The minimum Gasteiger partial charge on any atom is -0.488 e. The van der Waals surface area contributed by atoms with Crippen molar-refractivity contribution in [3.05, 3.63) is 76.4 Å². The molecule has 0 aromatic heterocycles. The van der Waals surface area contributed by atoms with Crippen molar-refractivity contribution in [1.29, 1.82) is 0 Å². The number of aliphatic hydroxyl groups excluding tert-OH is 1. The van der Waals surface area contributed by atoms with E-state index in [4.69, 9.17) is 9.84 Å².